The molecule has 1 fully saturated rings. The Balaban J connectivity index is 1.44. The highest BCUT2D eigenvalue weighted by Crippen LogP contribution is 2.17. The van der Waals surface area contributed by atoms with Gasteiger partial charge in [0.1, 0.15) is 5.69 Å². The van der Waals surface area contributed by atoms with Gasteiger partial charge in [0.25, 0.3) is 11.5 Å². The summed E-state index contributed by atoms with van der Waals surface area (Å²) in [6.07, 6.45) is 0.645. The Kier molecular flexibility index (Phi) is 5.72. The molecule has 8 heteroatoms. The highest BCUT2D eigenvalue weighted by Gasteiger charge is 2.23. The molecule has 154 valence electrons. The van der Waals surface area contributed by atoms with E-state index in [0.717, 1.165) is 5.39 Å². The molecular weight excluding hydrogens is 404 g/mol. The molecule has 0 radical (unpaired) electrons. The van der Waals surface area contributed by atoms with Crippen molar-refractivity contribution in [2.75, 3.05) is 31.5 Å². The number of aromatic nitrogens is 1. The second-order valence-corrected chi connectivity index (χ2v) is 7.61. The summed E-state index contributed by atoms with van der Waals surface area (Å²) in [6.45, 7) is 1.83. The minimum atomic E-state index is -0.284. The van der Waals surface area contributed by atoms with Crippen LogP contribution in [0.2, 0.25) is 5.02 Å². The van der Waals surface area contributed by atoms with Crippen LogP contribution < -0.4 is 10.9 Å². The molecule has 0 bridgehead atoms. The maximum Gasteiger partial charge on any atom is 0.321 e. The van der Waals surface area contributed by atoms with E-state index in [4.69, 9.17) is 11.6 Å². The number of nitrogens with one attached hydrogen (secondary N) is 2. The van der Waals surface area contributed by atoms with Gasteiger partial charge in [-0.05, 0) is 42.1 Å². The largest absolute Gasteiger partial charge is 0.336 e. The summed E-state index contributed by atoms with van der Waals surface area (Å²) in [5.41, 5.74) is 0.600. The zero-order valence-electron chi connectivity index (χ0n) is 16.2. The molecule has 3 aromatic rings. The predicted molar refractivity (Wildman–Crippen MR) is 117 cm³/mol. The number of hydrogen-bond acceptors (Lipinski definition) is 3. The van der Waals surface area contributed by atoms with Crippen LogP contribution in [0.1, 0.15) is 16.9 Å². The summed E-state index contributed by atoms with van der Waals surface area (Å²) >= 11 is 5.97. The molecule has 2 aromatic carbocycles. The van der Waals surface area contributed by atoms with E-state index >= 15 is 0 Å². The van der Waals surface area contributed by atoms with E-state index in [1.807, 2.05) is 12.1 Å². The molecule has 1 aliphatic rings. The van der Waals surface area contributed by atoms with Gasteiger partial charge >= 0.3 is 6.03 Å². The van der Waals surface area contributed by atoms with Gasteiger partial charge in [0, 0.05) is 42.3 Å². The maximum absolute atomic E-state index is 13.0. The van der Waals surface area contributed by atoms with Gasteiger partial charge in [-0.25, -0.2) is 4.79 Å². The first-order valence-corrected chi connectivity index (χ1v) is 10.1. The Morgan fingerprint density at radius 2 is 1.70 bits per heavy atom. The molecule has 30 heavy (non-hydrogen) atoms. The Hall–Kier alpha value is -3.32. The van der Waals surface area contributed by atoms with Crippen LogP contribution in [-0.2, 0) is 0 Å². The van der Waals surface area contributed by atoms with Crippen molar-refractivity contribution in [1.29, 1.82) is 0 Å². The Morgan fingerprint density at radius 1 is 0.933 bits per heavy atom. The smallest absolute Gasteiger partial charge is 0.321 e. The van der Waals surface area contributed by atoms with E-state index in [2.05, 4.69) is 10.3 Å². The fourth-order valence-corrected chi connectivity index (χ4v) is 3.78. The van der Waals surface area contributed by atoms with Gasteiger partial charge in [-0.15, -0.1) is 0 Å². The van der Waals surface area contributed by atoms with Gasteiger partial charge in [-0.1, -0.05) is 35.9 Å². The number of fused-ring (bicyclic) bond motifs is 1. The molecule has 2 N–H and O–H groups in total. The van der Waals surface area contributed by atoms with E-state index in [1.54, 1.807) is 52.3 Å². The van der Waals surface area contributed by atoms with E-state index < -0.39 is 0 Å². The SMILES string of the molecule is O=C(Nc1cccc(Cl)c1)N1CCCN(C(=O)c2cc3ccccc3c(=O)[nH]2)CC1. The maximum atomic E-state index is 13.0. The summed E-state index contributed by atoms with van der Waals surface area (Å²) in [6, 6.07) is 15.6. The molecule has 0 aliphatic carbocycles. The van der Waals surface area contributed by atoms with Crippen LogP contribution in [0.3, 0.4) is 0 Å². The minimum absolute atomic E-state index is 0.231. The Morgan fingerprint density at radius 3 is 2.53 bits per heavy atom. The lowest BCUT2D eigenvalue weighted by molar-refractivity contribution is 0.0757. The van der Waals surface area contributed by atoms with Gasteiger partial charge in [0.15, 0.2) is 0 Å². The molecule has 3 amide bonds. The lowest BCUT2D eigenvalue weighted by Crippen LogP contribution is -2.39. The van der Waals surface area contributed by atoms with Crippen LogP contribution in [0.25, 0.3) is 10.8 Å². The van der Waals surface area contributed by atoms with E-state index in [-0.39, 0.29) is 23.2 Å². The molecule has 0 unspecified atom stereocenters. The van der Waals surface area contributed by atoms with Crippen LogP contribution >= 0.6 is 11.6 Å². The van der Waals surface area contributed by atoms with Crippen molar-refractivity contribution < 1.29 is 9.59 Å². The number of nitrogens with zero attached hydrogens (tertiary/aromatic N) is 2. The predicted octanol–water partition coefficient (Wildman–Crippen LogP) is 3.56. The molecule has 1 aromatic heterocycles. The number of anilines is 1. The molecule has 4 rings (SSSR count). The average molecular weight is 425 g/mol. The highest BCUT2D eigenvalue weighted by atomic mass is 35.5. The normalized spacial score (nSPS) is 14.4. The summed E-state index contributed by atoms with van der Waals surface area (Å²) in [5.74, 6) is -0.241. The molecule has 1 aliphatic heterocycles. The third-order valence-corrected chi connectivity index (χ3v) is 5.37. The first-order chi connectivity index (χ1) is 14.5. The van der Waals surface area contributed by atoms with Crippen LogP contribution in [-0.4, -0.2) is 52.9 Å². The van der Waals surface area contributed by atoms with Crippen LogP contribution in [0.15, 0.2) is 59.4 Å². The molecule has 0 atom stereocenters. The van der Waals surface area contributed by atoms with E-state index in [0.29, 0.717) is 48.7 Å². The molecule has 0 saturated carbocycles. The van der Waals surface area contributed by atoms with Crippen molar-refractivity contribution in [1.82, 2.24) is 14.8 Å². The lowest BCUT2D eigenvalue weighted by Gasteiger charge is -2.22. The Labute approximate surface area is 178 Å². The van der Waals surface area contributed by atoms with Gasteiger partial charge in [0.2, 0.25) is 0 Å². The van der Waals surface area contributed by atoms with Crippen LogP contribution in [0, 0.1) is 0 Å². The molecule has 2 heterocycles. The van der Waals surface area contributed by atoms with Crippen molar-refractivity contribution in [2.45, 2.75) is 6.42 Å². The average Bonchev–Trinajstić information content (AvgIpc) is 2.99. The van der Waals surface area contributed by atoms with Crippen LogP contribution in [0.5, 0.6) is 0 Å². The first kappa shape index (κ1) is 20.0. The summed E-state index contributed by atoms with van der Waals surface area (Å²) in [7, 11) is 0. The second kappa shape index (κ2) is 8.59. The number of rotatable bonds is 2. The number of H-pyrrole nitrogens is 1. The minimum Gasteiger partial charge on any atom is -0.336 e. The van der Waals surface area contributed by atoms with Crippen molar-refractivity contribution in [3.05, 3.63) is 75.7 Å². The van der Waals surface area contributed by atoms with E-state index in [1.165, 1.54) is 0 Å². The fourth-order valence-electron chi connectivity index (χ4n) is 3.59. The molecular formula is C22H21ClN4O3. The first-order valence-electron chi connectivity index (χ1n) is 9.74. The quantitative estimate of drug-likeness (QED) is 0.659. The van der Waals surface area contributed by atoms with Gasteiger partial charge in [0.05, 0.1) is 0 Å². The zero-order valence-corrected chi connectivity index (χ0v) is 17.0. The van der Waals surface area contributed by atoms with Gasteiger partial charge in [-0.3, -0.25) is 9.59 Å². The summed E-state index contributed by atoms with van der Waals surface area (Å²) in [5, 5.41) is 4.66. The number of pyridine rings is 1. The third-order valence-electron chi connectivity index (χ3n) is 5.13. The molecule has 0 spiro atoms. The second-order valence-electron chi connectivity index (χ2n) is 7.17. The van der Waals surface area contributed by atoms with Crippen molar-refractivity contribution in [3.63, 3.8) is 0 Å². The lowest BCUT2D eigenvalue weighted by atomic mass is 10.1. The number of aromatic amines is 1. The highest BCUT2D eigenvalue weighted by molar-refractivity contribution is 6.30. The van der Waals surface area contributed by atoms with Crippen molar-refractivity contribution >= 4 is 40.0 Å². The third kappa shape index (κ3) is 4.31. The number of carbonyl (C=O) groups is 2. The topological polar surface area (TPSA) is 85.5 Å². The van der Waals surface area contributed by atoms with Crippen LogP contribution in [0.4, 0.5) is 10.5 Å². The molecule has 1 saturated heterocycles. The summed E-state index contributed by atoms with van der Waals surface area (Å²) < 4.78 is 0. The van der Waals surface area contributed by atoms with Crippen molar-refractivity contribution in [2.24, 2.45) is 0 Å². The number of halogens is 1. The monoisotopic (exact) mass is 424 g/mol. The van der Waals surface area contributed by atoms with Gasteiger partial charge < -0.3 is 20.1 Å². The number of carbonyl (C=O) groups excluding carboxylic acids is 2. The number of benzene rings is 2. The number of urea groups is 1. The molecule has 7 nitrogen and oxygen atoms in total. The number of hydrogen-bond donors (Lipinski definition) is 2. The standard InChI is InChI=1S/C22H21ClN4O3/c23-16-6-3-7-17(14-16)24-22(30)27-10-4-9-26(11-12-27)21(29)19-13-15-5-1-2-8-18(15)20(28)25-19/h1-3,5-8,13-14H,4,9-12H2,(H,24,30)(H,25,28). The zero-order chi connectivity index (χ0) is 21.1. The fraction of sp³-hybridized carbons (Fsp3) is 0.227. The van der Waals surface area contributed by atoms with Gasteiger partial charge in [-0.2, -0.15) is 0 Å². The summed E-state index contributed by atoms with van der Waals surface area (Å²) in [4.78, 5) is 43.9. The Bertz CT molecular complexity index is 1160. The number of amides is 3. The van der Waals surface area contributed by atoms with E-state index in [9.17, 15) is 14.4 Å². The van der Waals surface area contributed by atoms with Crippen molar-refractivity contribution in [3.8, 4) is 0 Å².